The number of hydrogen-bond acceptors (Lipinski definition) is 1. The topological polar surface area (TPSA) is 0 Å². The van der Waals surface area contributed by atoms with Gasteiger partial charge in [-0.25, -0.2) is 0 Å². The van der Waals surface area contributed by atoms with Crippen LogP contribution in [-0.4, -0.2) is 6.26 Å². The minimum Gasteiger partial charge on any atom is -0.130 e. The van der Waals surface area contributed by atoms with E-state index in [9.17, 15) is 0 Å². The fourth-order valence-electron chi connectivity index (χ4n) is 1.64. The Morgan fingerprint density at radius 1 is 1.33 bits per heavy atom. The highest BCUT2D eigenvalue weighted by Gasteiger charge is 2.18. The van der Waals surface area contributed by atoms with Crippen LogP contribution in [0.3, 0.4) is 0 Å². The van der Waals surface area contributed by atoms with Crippen LogP contribution in [0, 0.1) is 0 Å². The Hall–Kier alpha value is -0.430. The molecule has 0 nitrogen and oxygen atoms in total. The summed E-state index contributed by atoms with van der Waals surface area (Å²) in [6.45, 7) is 0. The summed E-state index contributed by atoms with van der Waals surface area (Å²) >= 11 is 1.83. The van der Waals surface area contributed by atoms with Crippen molar-refractivity contribution in [1.82, 2.24) is 0 Å². The molecule has 0 spiro atoms. The Kier molecular flexibility index (Phi) is 2.40. The maximum Gasteiger partial charge on any atom is 0.00719 e. The fraction of sp³-hybridized carbons (Fsp3) is 0.455. The van der Waals surface area contributed by atoms with Gasteiger partial charge in [-0.3, -0.25) is 0 Å². The van der Waals surface area contributed by atoms with Gasteiger partial charge in [0.2, 0.25) is 0 Å². The summed E-state index contributed by atoms with van der Waals surface area (Å²) in [6.07, 6.45) is 6.36. The summed E-state index contributed by atoms with van der Waals surface area (Å²) in [5.41, 5.74) is 1.55. The lowest BCUT2D eigenvalue weighted by molar-refractivity contribution is 0.419. The van der Waals surface area contributed by atoms with Crippen molar-refractivity contribution in [3.63, 3.8) is 0 Å². The molecule has 2 rings (SSSR count). The van der Waals surface area contributed by atoms with Gasteiger partial charge in [0.05, 0.1) is 0 Å². The molecule has 0 radical (unpaired) electrons. The second kappa shape index (κ2) is 3.53. The van der Waals surface area contributed by atoms with E-state index in [4.69, 9.17) is 0 Å². The van der Waals surface area contributed by atoms with Crippen molar-refractivity contribution in [2.24, 2.45) is 0 Å². The van der Waals surface area contributed by atoms with Crippen LogP contribution in [-0.2, 0) is 0 Å². The van der Waals surface area contributed by atoms with Crippen LogP contribution >= 0.6 is 11.8 Å². The van der Waals surface area contributed by atoms with E-state index >= 15 is 0 Å². The van der Waals surface area contributed by atoms with Gasteiger partial charge in [0, 0.05) is 4.90 Å². The maximum atomic E-state index is 2.34. The highest BCUT2D eigenvalue weighted by Crippen LogP contribution is 2.37. The zero-order chi connectivity index (χ0) is 8.39. The van der Waals surface area contributed by atoms with Crippen LogP contribution in [0.4, 0.5) is 0 Å². The second-order valence-corrected chi connectivity index (χ2v) is 4.28. The smallest absolute Gasteiger partial charge is 0.00719 e. The molecule has 0 aromatic heterocycles. The van der Waals surface area contributed by atoms with E-state index in [1.807, 2.05) is 11.8 Å². The Morgan fingerprint density at radius 3 is 2.75 bits per heavy atom. The quantitative estimate of drug-likeness (QED) is 0.623. The van der Waals surface area contributed by atoms with Crippen LogP contribution in [0.1, 0.15) is 30.7 Å². The fourth-order valence-corrected chi connectivity index (χ4v) is 2.11. The summed E-state index contributed by atoms with van der Waals surface area (Å²) in [4.78, 5) is 1.40. The molecule has 0 bridgehead atoms. The molecule has 0 atom stereocenters. The number of hydrogen-bond donors (Lipinski definition) is 0. The van der Waals surface area contributed by atoms with E-state index in [2.05, 4.69) is 30.5 Å². The van der Waals surface area contributed by atoms with Crippen LogP contribution in [0.15, 0.2) is 29.2 Å². The average Bonchev–Trinajstić information content (AvgIpc) is 2.02. The van der Waals surface area contributed by atoms with Gasteiger partial charge in [0.1, 0.15) is 0 Å². The van der Waals surface area contributed by atoms with Crippen molar-refractivity contribution >= 4 is 11.8 Å². The molecule has 1 aromatic carbocycles. The molecule has 1 heteroatoms. The molecular formula is C11H14S. The molecule has 1 aromatic rings. The van der Waals surface area contributed by atoms with Gasteiger partial charge in [-0.2, -0.15) is 0 Å². The van der Waals surface area contributed by atoms with Crippen molar-refractivity contribution in [1.29, 1.82) is 0 Å². The van der Waals surface area contributed by atoms with Gasteiger partial charge >= 0.3 is 0 Å². The number of benzene rings is 1. The van der Waals surface area contributed by atoms with Crippen molar-refractivity contribution in [3.05, 3.63) is 29.8 Å². The molecule has 1 fully saturated rings. The molecule has 0 saturated heterocycles. The lowest BCUT2D eigenvalue weighted by atomic mass is 9.80. The summed E-state index contributed by atoms with van der Waals surface area (Å²) in [7, 11) is 0. The van der Waals surface area contributed by atoms with Gasteiger partial charge in [-0.1, -0.05) is 18.6 Å². The predicted molar refractivity (Wildman–Crippen MR) is 54.8 cm³/mol. The monoisotopic (exact) mass is 178 g/mol. The van der Waals surface area contributed by atoms with Crippen LogP contribution < -0.4 is 0 Å². The minimum absolute atomic E-state index is 0.872. The molecule has 12 heavy (non-hydrogen) atoms. The summed E-state index contributed by atoms with van der Waals surface area (Å²) < 4.78 is 0. The van der Waals surface area contributed by atoms with Gasteiger partial charge in [-0.05, 0) is 42.7 Å². The molecule has 1 aliphatic carbocycles. The highest BCUT2D eigenvalue weighted by atomic mass is 32.2. The first-order chi connectivity index (χ1) is 5.90. The van der Waals surface area contributed by atoms with Gasteiger partial charge in [0.25, 0.3) is 0 Å². The van der Waals surface area contributed by atoms with E-state index in [1.165, 1.54) is 24.2 Å². The first-order valence-corrected chi connectivity index (χ1v) is 5.76. The SMILES string of the molecule is CSc1cccc(C2CCC2)c1. The first-order valence-electron chi connectivity index (χ1n) is 4.54. The molecule has 0 aliphatic heterocycles. The third-order valence-corrected chi connectivity index (χ3v) is 3.40. The molecule has 64 valence electrons. The van der Waals surface area contributed by atoms with E-state index < -0.39 is 0 Å². The summed E-state index contributed by atoms with van der Waals surface area (Å²) in [5, 5.41) is 0. The lowest BCUT2D eigenvalue weighted by Gasteiger charge is -2.25. The first kappa shape index (κ1) is 8.18. The molecular weight excluding hydrogens is 164 g/mol. The van der Waals surface area contributed by atoms with E-state index in [0.29, 0.717) is 0 Å². The lowest BCUT2D eigenvalue weighted by Crippen LogP contribution is -2.08. The van der Waals surface area contributed by atoms with Crippen LogP contribution in [0.25, 0.3) is 0 Å². The Balaban J connectivity index is 2.19. The zero-order valence-electron chi connectivity index (χ0n) is 7.42. The normalized spacial score (nSPS) is 17.4. The summed E-state index contributed by atoms with van der Waals surface area (Å²) in [6, 6.07) is 8.98. The molecule has 1 aliphatic rings. The Morgan fingerprint density at radius 2 is 2.17 bits per heavy atom. The number of rotatable bonds is 2. The van der Waals surface area contributed by atoms with Crippen molar-refractivity contribution in [3.8, 4) is 0 Å². The standard InChI is InChI=1S/C11H14S/c1-12-11-7-3-6-10(8-11)9-4-2-5-9/h3,6-9H,2,4-5H2,1H3. The average molecular weight is 178 g/mol. The van der Waals surface area contributed by atoms with Gasteiger partial charge in [-0.15, -0.1) is 11.8 Å². The third kappa shape index (κ3) is 1.51. The van der Waals surface area contributed by atoms with Crippen LogP contribution in [0.2, 0.25) is 0 Å². The second-order valence-electron chi connectivity index (χ2n) is 3.40. The minimum atomic E-state index is 0.872. The van der Waals surface area contributed by atoms with Gasteiger partial charge in [0.15, 0.2) is 0 Å². The predicted octanol–water partition coefficient (Wildman–Crippen LogP) is 3.68. The Bertz CT molecular complexity index is 263. The highest BCUT2D eigenvalue weighted by molar-refractivity contribution is 7.98. The van der Waals surface area contributed by atoms with Crippen molar-refractivity contribution in [2.75, 3.05) is 6.26 Å². The molecule has 1 saturated carbocycles. The molecule has 0 amide bonds. The van der Waals surface area contributed by atoms with Crippen LogP contribution in [0.5, 0.6) is 0 Å². The van der Waals surface area contributed by atoms with Gasteiger partial charge < -0.3 is 0 Å². The van der Waals surface area contributed by atoms with E-state index in [0.717, 1.165) is 5.92 Å². The summed E-state index contributed by atoms with van der Waals surface area (Å²) in [5.74, 6) is 0.872. The number of thioether (sulfide) groups is 1. The maximum absolute atomic E-state index is 2.34. The largest absolute Gasteiger partial charge is 0.130 e. The molecule has 0 heterocycles. The molecule has 0 N–H and O–H groups in total. The Labute approximate surface area is 78.4 Å². The zero-order valence-corrected chi connectivity index (χ0v) is 8.23. The third-order valence-electron chi connectivity index (χ3n) is 2.67. The van der Waals surface area contributed by atoms with Crippen molar-refractivity contribution < 1.29 is 0 Å². The van der Waals surface area contributed by atoms with Crippen molar-refractivity contribution in [2.45, 2.75) is 30.1 Å². The van der Waals surface area contributed by atoms with E-state index in [-0.39, 0.29) is 0 Å². The van der Waals surface area contributed by atoms with E-state index in [1.54, 1.807) is 5.56 Å². The molecule has 0 unspecified atom stereocenters.